The number of carbonyl (C=O) groups is 1. The lowest BCUT2D eigenvalue weighted by atomic mass is 9.97. The lowest BCUT2D eigenvalue weighted by Crippen LogP contribution is -2.33. The predicted octanol–water partition coefficient (Wildman–Crippen LogP) is 4.24. The van der Waals surface area contributed by atoms with Crippen LogP contribution in [-0.2, 0) is 29.3 Å². The Morgan fingerprint density at radius 3 is 2.50 bits per heavy atom. The maximum atomic E-state index is 12.6. The topological polar surface area (TPSA) is 71.1 Å². The van der Waals surface area contributed by atoms with E-state index < -0.39 is 37.8 Å². The van der Waals surface area contributed by atoms with Gasteiger partial charge < -0.3 is 18.5 Å². The molecule has 0 amide bonds. The smallest absolute Gasteiger partial charge is 0.416 e. The lowest BCUT2D eigenvalue weighted by molar-refractivity contribution is -0.148. The molecule has 0 radical (unpaired) electrons. The highest BCUT2D eigenvalue weighted by Crippen LogP contribution is 2.57. The van der Waals surface area contributed by atoms with E-state index in [0.717, 1.165) is 18.2 Å². The minimum atomic E-state index is -4.52. The molecule has 1 fully saturated rings. The summed E-state index contributed by atoms with van der Waals surface area (Å²) in [5.74, 6) is -2.19. The van der Waals surface area contributed by atoms with Gasteiger partial charge >= 0.3 is 19.7 Å². The van der Waals surface area contributed by atoms with Gasteiger partial charge in [-0.1, -0.05) is 19.9 Å². The third kappa shape index (κ3) is 5.46. The zero-order valence-electron chi connectivity index (χ0n) is 14.5. The Balaban J connectivity index is 1.88. The molecule has 146 valence electrons. The van der Waals surface area contributed by atoms with Gasteiger partial charge in [0.25, 0.3) is 0 Å². The van der Waals surface area contributed by atoms with E-state index in [1.54, 1.807) is 0 Å². The number of ether oxygens (including phenoxy) is 2. The molecule has 0 aliphatic carbocycles. The molecule has 1 aromatic rings. The van der Waals surface area contributed by atoms with Crippen molar-refractivity contribution in [2.75, 3.05) is 19.8 Å². The van der Waals surface area contributed by atoms with Gasteiger partial charge in [0, 0.05) is 5.41 Å². The monoisotopic (exact) mass is 396 g/mol. The minimum absolute atomic E-state index is 0.136. The summed E-state index contributed by atoms with van der Waals surface area (Å²) in [5, 5.41) is 0. The predicted molar refractivity (Wildman–Crippen MR) is 85.8 cm³/mol. The molecule has 1 aliphatic heterocycles. The van der Waals surface area contributed by atoms with Gasteiger partial charge in [-0.05, 0) is 25.1 Å². The summed E-state index contributed by atoms with van der Waals surface area (Å²) in [6.07, 6.45) is -4.52. The van der Waals surface area contributed by atoms with Crippen LogP contribution >= 0.6 is 7.60 Å². The van der Waals surface area contributed by atoms with E-state index in [1.165, 1.54) is 13.0 Å². The minimum Gasteiger partial charge on any atom is -0.482 e. The molecule has 0 N–H and O–H groups in total. The molecule has 6 nitrogen and oxygen atoms in total. The second-order valence-electron chi connectivity index (χ2n) is 6.65. The van der Waals surface area contributed by atoms with Crippen molar-refractivity contribution in [1.29, 1.82) is 0 Å². The molecular formula is C16H20F3O6P. The van der Waals surface area contributed by atoms with E-state index in [0.29, 0.717) is 0 Å². The average molecular weight is 396 g/mol. The second-order valence-corrected chi connectivity index (χ2v) is 8.98. The van der Waals surface area contributed by atoms with Crippen molar-refractivity contribution in [3.63, 3.8) is 0 Å². The van der Waals surface area contributed by atoms with Gasteiger partial charge in [0.15, 0.2) is 12.5 Å². The Bertz CT molecular complexity index is 689. The van der Waals surface area contributed by atoms with Crippen LogP contribution in [0.1, 0.15) is 26.3 Å². The summed E-state index contributed by atoms with van der Waals surface area (Å²) < 4.78 is 70.9. The highest BCUT2D eigenvalue weighted by atomic mass is 31.2. The van der Waals surface area contributed by atoms with Gasteiger partial charge in [-0.3, -0.25) is 4.57 Å². The number of esters is 1. The summed E-state index contributed by atoms with van der Waals surface area (Å²) in [5.41, 5.74) is -1.20. The van der Waals surface area contributed by atoms with Crippen LogP contribution in [0.15, 0.2) is 24.3 Å². The molecule has 10 heteroatoms. The number of carbonyl (C=O) groups excluding carboxylic acids is 1. The molecule has 1 unspecified atom stereocenters. The maximum absolute atomic E-state index is 12.6. The van der Waals surface area contributed by atoms with Crippen LogP contribution < -0.4 is 4.74 Å². The van der Waals surface area contributed by atoms with Gasteiger partial charge in [0.05, 0.1) is 18.8 Å². The number of alkyl halides is 3. The van der Waals surface area contributed by atoms with Crippen molar-refractivity contribution < 1.29 is 41.1 Å². The van der Waals surface area contributed by atoms with Crippen molar-refractivity contribution in [3.8, 4) is 5.75 Å². The van der Waals surface area contributed by atoms with Crippen LogP contribution in [-0.4, -0.2) is 31.6 Å². The average Bonchev–Trinajstić information content (AvgIpc) is 2.55. The Morgan fingerprint density at radius 2 is 1.92 bits per heavy atom. The number of hydrogen-bond donors (Lipinski definition) is 0. The Labute approximate surface area is 149 Å². The molecule has 1 aromatic carbocycles. The van der Waals surface area contributed by atoms with Gasteiger partial charge in [-0.15, -0.1) is 0 Å². The van der Waals surface area contributed by atoms with Gasteiger partial charge in [0.1, 0.15) is 5.75 Å². The molecule has 0 bridgehead atoms. The summed E-state index contributed by atoms with van der Waals surface area (Å²) >= 11 is 0. The number of halogens is 3. The highest BCUT2D eigenvalue weighted by Gasteiger charge is 2.43. The van der Waals surface area contributed by atoms with E-state index in [1.807, 2.05) is 13.8 Å². The fraction of sp³-hybridized carbons (Fsp3) is 0.562. The van der Waals surface area contributed by atoms with Crippen molar-refractivity contribution in [1.82, 2.24) is 0 Å². The molecule has 26 heavy (non-hydrogen) atoms. The van der Waals surface area contributed by atoms with Crippen LogP contribution in [0.3, 0.4) is 0 Å². The Kier molecular flexibility index (Phi) is 6.05. The largest absolute Gasteiger partial charge is 0.482 e. The van der Waals surface area contributed by atoms with E-state index >= 15 is 0 Å². The number of benzene rings is 1. The van der Waals surface area contributed by atoms with Crippen LogP contribution in [0.2, 0.25) is 0 Å². The van der Waals surface area contributed by atoms with Crippen molar-refractivity contribution >= 4 is 13.6 Å². The highest BCUT2D eigenvalue weighted by molar-refractivity contribution is 7.54. The van der Waals surface area contributed by atoms with Crippen molar-refractivity contribution in [2.45, 2.75) is 32.8 Å². The standard InChI is InChI=1S/C16H20F3O6P/c1-11(26(21)23-9-15(2,3)10-24-26)25-14(20)8-22-13-6-4-5-12(7-13)16(17,18)19/h4-7,11H,8-10H2,1-3H3. The normalized spacial score (nSPS) is 20.2. The molecule has 0 spiro atoms. The molecule has 0 aromatic heterocycles. The Hall–Kier alpha value is -1.57. The first kappa shape index (κ1) is 20.7. The van der Waals surface area contributed by atoms with Gasteiger partial charge in [-0.2, -0.15) is 13.2 Å². The first-order chi connectivity index (χ1) is 11.9. The van der Waals surface area contributed by atoms with E-state index in [-0.39, 0.29) is 24.4 Å². The van der Waals surface area contributed by atoms with E-state index in [4.69, 9.17) is 18.5 Å². The van der Waals surface area contributed by atoms with Gasteiger partial charge in [0.2, 0.25) is 0 Å². The van der Waals surface area contributed by atoms with Crippen LogP contribution in [0, 0.1) is 5.41 Å². The zero-order chi connectivity index (χ0) is 19.6. The van der Waals surface area contributed by atoms with Crippen LogP contribution in [0.4, 0.5) is 13.2 Å². The summed E-state index contributed by atoms with van der Waals surface area (Å²) in [7, 11) is -3.61. The summed E-state index contributed by atoms with van der Waals surface area (Å²) in [6, 6.07) is 4.10. The molecule has 2 rings (SSSR count). The number of hydrogen-bond acceptors (Lipinski definition) is 6. The van der Waals surface area contributed by atoms with Crippen LogP contribution in [0.25, 0.3) is 0 Å². The third-order valence-electron chi connectivity index (χ3n) is 3.54. The fourth-order valence-electron chi connectivity index (χ4n) is 2.01. The molecule has 1 saturated heterocycles. The third-order valence-corrected chi connectivity index (χ3v) is 5.51. The fourth-order valence-corrected chi connectivity index (χ4v) is 3.81. The van der Waals surface area contributed by atoms with E-state index in [2.05, 4.69) is 0 Å². The van der Waals surface area contributed by atoms with Crippen molar-refractivity contribution in [2.24, 2.45) is 5.41 Å². The SMILES string of the molecule is CC(OC(=O)COc1cccc(C(F)(F)F)c1)P1(=O)OCC(C)(C)CO1. The van der Waals surface area contributed by atoms with E-state index in [9.17, 15) is 22.5 Å². The maximum Gasteiger partial charge on any atom is 0.416 e. The zero-order valence-corrected chi connectivity index (χ0v) is 15.4. The lowest BCUT2D eigenvalue weighted by Gasteiger charge is -2.35. The molecule has 1 atom stereocenters. The molecule has 1 heterocycles. The van der Waals surface area contributed by atoms with Crippen LogP contribution in [0.5, 0.6) is 5.75 Å². The summed E-state index contributed by atoms with van der Waals surface area (Å²) in [6.45, 7) is 4.84. The quantitative estimate of drug-likeness (QED) is 0.548. The molecular weight excluding hydrogens is 376 g/mol. The number of rotatable bonds is 5. The molecule has 0 saturated carbocycles. The first-order valence-electron chi connectivity index (χ1n) is 7.80. The van der Waals surface area contributed by atoms with Crippen molar-refractivity contribution in [3.05, 3.63) is 29.8 Å². The Morgan fingerprint density at radius 1 is 1.31 bits per heavy atom. The summed E-state index contributed by atoms with van der Waals surface area (Å²) in [4.78, 5) is 11.8. The first-order valence-corrected chi connectivity index (χ1v) is 9.41. The molecule has 1 aliphatic rings. The second kappa shape index (κ2) is 7.58. The van der Waals surface area contributed by atoms with Gasteiger partial charge in [-0.25, -0.2) is 4.79 Å².